The van der Waals surface area contributed by atoms with Crippen molar-refractivity contribution in [3.8, 4) is 0 Å². The lowest BCUT2D eigenvalue weighted by Crippen LogP contribution is -2.16. The summed E-state index contributed by atoms with van der Waals surface area (Å²) in [6, 6.07) is 4.86. The van der Waals surface area contributed by atoms with Gasteiger partial charge >= 0.3 is 5.97 Å². The van der Waals surface area contributed by atoms with Crippen LogP contribution < -0.4 is 11.5 Å². The van der Waals surface area contributed by atoms with Gasteiger partial charge in [0.05, 0.1) is 6.42 Å². The molecule has 0 amide bonds. The number of hydrogen-bond acceptors (Lipinski definition) is 3. The highest BCUT2D eigenvalue weighted by Crippen LogP contribution is 2.22. The van der Waals surface area contributed by atoms with Gasteiger partial charge in [-0.05, 0) is 24.1 Å². The minimum absolute atomic E-state index is 0.0791. The Balaban J connectivity index is 2.95. The number of carbonyl (C=O) groups is 1. The molecule has 1 rings (SSSR count). The van der Waals surface area contributed by atoms with Crippen molar-refractivity contribution in [2.24, 2.45) is 5.73 Å². The highest BCUT2D eigenvalue weighted by Gasteiger charge is 2.13. The molecule has 4 heteroatoms. The van der Waals surface area contributed by atoms with Crippen molar-refractivity contribution in [1.29, 1.82) is 0 Å². The van der Waals surface area contributed by atoms with Crippen LogP contribution in [0.5, 0.6) is 0 Å². The van der Waals surface area contributed by atoms with Gasteiger partial charge in [-0.1, -0.05) is 12.1 Å². The summed E-state index contributed by atoms with van der Waals surface area (Å²) in [6.07, 6.45) is -0.0791. The maximum atomic E-state index is 10.5. The van der Waals surface area contributed by atoms with Gasteiger partial charge in [-0.15, -0.1) is 0 Å². The van der Waals surface area contributed by atoms with Crippen LogP contribution in [0.2, 0.25) is 0 Å². The topological polar surface area (TPSA) is 89.3 Å². The molecule has 0 saturated carbocycles. The van der Waals surface area contributed by atoms with Crippen LogP contribution >= 0.6 is 0 Å². The molecule has 1 unspecified atom stereocenters. The Morgan fingerprint density at radius 2 is 2.21 bits per heavy atom. The molecule has 0 aromatic heterocycles. The molecule has 76 valence electrons. The average Bonchev–Trinajstić information content (AvgIpc) is 2.08. The van der Waals surface area contributed by atoms with Crippen molar-refractivity contribution < 1.29 is 9.90 Å². The standard InChI is InChI=1S/C10H14N2O2/c1-6-7(3-2-4-8(6)11)9(12)5-10(13)14/h2-4,9H,5,11-12H2,1H3,(H,13,14). The molecule has 0 fully saturated rings. The van der Waals surface area contributed by atoms with Crippen molar-refractivity contribution in [1.82, 2.24) is 0 Å². The minimum Gasteiger partial charge on any atom is -0.481 e. The van der Waals surface area contributed by atoms with Crippen LogP contribution in [-0.4, -0.2) is 11.1 Å². The molecular formula is C10H14N2O2. The zero-order valence-corrected chi connectivity index (χ0v) is 8.03. The predicted octanol–water partition coefficient (Wildman–Crippen LogP) is 1.05. The van der Waals surface area contributed by atoms with Gasteiger partial charge < -0.3 is 16.6 Å². The zero-order chi connectivity index (χ0) is 10.7. The SMILES string of the molecule is Cc1c(N)cccc1C(N)CC(=O)O. The van der Waals surface area contributed by atoms with E-state index in [-0.39, 0.29) is 6.42 Å². The molecule has 5 N–H and O–H groups in total. The number of nitrogen functional groups attached to an aromatic ring is 1. The maximum Gasteiger partial charge on any atom is 0.305 e. The number of anilines is 1. The molecule has 1 aromatic rings. The highest BCUT2D eigenvalue weighted by molar-refractivity contribution is 5.68. The first-order valence-corrected chi connectivity index (χ1v) is 4.34. The number of carboxylic acids is 1. The first-order chi connectivity index (χ1) is 6.52. The molecule has 1 atom stereocenters. The second kappa shape index (κ2) is 4.11. The molecule has 0 radical (unpaired) electrons. The lowest BCUT2D eigenvalue weighted by molar-refractivity contribution is -0.137. The number of nitrogens with two attached hydrogens (primary N) is 2. The first kappa shape index (κ1) is 10.5. The van der Waals surface area contributed by atoms with Crippen LogP contribution in [0.15, 0.2) is 18.2 Å². The number of carboxylic acid groups (broad SMARTS) is 1. The molecule has 0 saturated heterocycles. The normalized spacial score (nSPS) is 12.4. The van der Waals surface area contributed by atoms with E-state index in [0.29, 0.717) is 5.69 Å². The van der Waals surface area contributed by atoms with Crippen LogP contribution in [0.3, 0.4) is 0 Å². The van der Waals surface area contributed by atoms with Crippen LogP contribution in [0.25, 0.3) is 0 Å². The molecule has 1 aromatic carbocycles. The van der Waals surface area contributed by atoms with E-state index >= 15 is 0 Å². The summed E-state index contributed by atoms with van der Waals surface area (Å²) in [5.41, 5.74) is 13.7. The Bertz CT molecular complexity index is 350. The average molecular weight is 194 g/mol. The summed E-state index contributed by atoms with van der Waals surface area (Å²) in [7, 11) is 0. The molecule has 0 spiro atoms. The van der Waals surface area contributed by atoms with Gasteiger partial charge in [0, 0.05) is 11.7 Å². The fourth-order valence-corrected chi connectivity index (χ4v) is 1.37. The molecular weight excluding hydrogens is 180 g/mol. The van der Waals surface area contributed by atoms with E-state index in [9.17, 15) is 4.79 Å². The predicted molar refractivity (Wildman–Crippen MR) is 54.8 cm³/mol. The lowest BCUT2D eigenvalue weighted by atomic mass is 9.98. The number of benzene rings is 1. The smallest absolute Gasteiger partial charge is 0.305 e. The van der Waals surface area contributed by atoms with E-state index in [4.69, 9.17) is 16.6 Å². The Hall–Kier alpha value is -1.55. The summed E-state index contributed by atoms with van der Waals surface area (Å²) in [5, 5.41) is 8.59. The van der Waals surface area contributed by atoms with Gasteiger partial charge in [0.1, 0.15) is 0 Å². The van der Waals surface area contributed by atoms with Gasteiger partial charge in [0.2, 0.25) is 0 Å². The van der Waals surface area contributed by atoms with Gasteiger partial charge in [0.25, 0.3) is 0 Å². The van der Waals surface area contributed by atoms with Crippen LogP contribution in [-0.2, 0) is 4.79 Å². The van der Waals surface area contributed by atoms with E-state index in [1.165, 1.54) is 0 Å². The summed E-state index contributed by atoms with van der Waals surface area (Å²) in [4.78, 5) is 10.5. The summed E-state index contributed by atoms with van der Waals surface area (Å²) < 4.78 is 0. The number of rotatable bonds is 3. The lowest BCUT2D eigenvalue weighted by Gasteiger charge is -2.13. The second-order valence-electron chi connectivity index (χ2n) is 3.27. The van der Waals surface area contributed by atoms with Gasteiger partial charge in [-0.2, -0.15) is 0 Å². The minimum atomic E-state index is -0.903. The Morgan fingerprint density at radius 3 is 2.79 bits per heavy atom. The Morgan fingerprint density at radius 1 is 1.57 bits per heavy atom. The van der Waals surface area contributed by atoms with Crippen molar-refractivity contribution in [2.45, 2.75) is 19.4 Å². The summed E-state index contributed by atoms with van der Waals surface area (Å²) >= 11 is 0. The van der Waals surface area contributed by atoms with Crippen molar-refractivity contribution in [3.63, 3.8) is 0 Å². The molecule has 0 bridgehead atoms. The molecule has 14 heavy (non-hydrogen) atoms. The monoisotopic (exact) mass is 194 g/mol. The quantitative estimate of drug-likeness (QED) is 0.627. The third kappa shape index (κ3) is 2.23. The molecule has 0 aliphatic heterocycles. The van der Waals surface area contributed by atoms with Gasteiger partial charge in [0.15, 0.2) is 0 Å². The fraction of sp³-hybridized carbons (Fsp3) is 0.300. The first-order valence-electron chi connectivity index (χ1n) is 4.34. The van der Waals surface area contributed by atoms with E-state index < -0.39 is 12.0 Å². The van der Waals surface area contributed by atoms with E-state index in [1.54, 1.807) is 18.2 Å². The van der Waals surface area contributed by atoms with Crippen molar-refractivity contribution in [2.75, 3.05) is 5.73 Å². The number of aliphatic carboxylic acids is 1. The van der Waals surface area contributed by atoms with Gasteiger partial charge in [-0.3, -0.25) is 4.79 Å². The maximum absolute atomic E-state index is 10.5. The molecule has 0 aliphatic rings. The fourth-order valence-electron chi connectivity index (χ4n) is 1.37. The molecule has 0 heterocycles. The zero-order valence-electron chi connectivity index (χ0n) is 8.03. The van der Waals surface area contributed by atoms with Crippen molar-refractivity contribution in [3.05, 3.63) is 29.3 Å². The van der Waals surface area contributed by atoms with Crippen LogP contribution in [0.1, 0.15) is 23.6 Å². The largest absolute Gasteiger partial charge is 0.481 e. The van der Waals surface area contributed by atoms with Crippen LogP contribution in [0, 0.1) is 6.92 Å². The molecule has 0 aliphatic carbocycles. The third-order valence-electron chi connectivity index (χ3n) is 2.21. The van der Waals surface area contributed by atoms with E-state index in [1.807, 2.05) is 6.92 Å². The number of hydrogen-bond donors (Lipinski definition) is 3. The highest BCUT2D eigenvalue weighted by atomic mass is 16.4. The Kier molecular flexibility index (Phi) is 3.09. The van der Waals surface area contributed by atoms with E-state index in [2.05, 4.69) is 0 Å². The summed E-state index contributed by atoms with van der Waals surface area (Å²) in [6.45, 7) is 1.84. The summed E-state index contributed by atoms with van der Waals surface area (Å²) in [5.74, 6) is -0.903. The Labute approximate surface area is 82.5 Å². The molecule has 4 nitrogen and oxygen atoms in total. The third-order valence-corrected chi connectivity index (χ3v) is 2.21. The van der Waals surface area contributed by atoms with E-state index in [0.717, 1.165) is 11.1 Å². The van der Waals surface area contributed by atoms with Gasteiger partial charge in [-0.25, -0.2) is 0 Å². The van der Waals surface area contributed by atoms with Crippen molar-refractivity contribution >= 4 is 11.7 Å². The second-order valence-corrected chi connectivity index (χ2v) is 3.27. The van der Waals surface area contributed by atoms with Crippen LogP contribution in [0.4, 0.5) is 5.69 Å².